The SMILES string of the molecule is CC(C)c1ccccc1O[C@H](C)C(=O)Nc1ccc(OCc2ccccc2)cc1. The maximum absolute atomic E-state index is 12.5. The Balaban J connectivity index is 1.55. The first-order chi connectivity index (χ1) is 14.0. The summed E-state index contributed by atoms with van der Waals surface area (Å²) in [7, 11) is 0. The van der Waals surface area contributed by atoms with Crippen LogP contribution in [0.1, 0.15) is 37.8 Å². The smallest absolute Gasteiger partial charge is 0.265 e. The standard InChI is InChI=1S/C25H27NO3/c1-18(2)23-11-7-8-12-24(23)29-19(3)25(27)26-21-13-15-22(16-14-21)28-17-20-9-5-4-6-10-20/h4-16,18-19H,17H2,1-3H3,(H,26,27)/t19-/m1/s1. The van der Waals surface area contributed by atoms with Crippen molar-refractivity contribution in [1.82, 2.24) is 0 Å². The van der Waals surface area contributed by atoms with Crippen LogP contribution in [0.25, 0.3) is 0 Å². The Bertz CT molecular complexity index is 920. The van der Waals surface area contributed by atoms with Gasteiger partial charge in [-0.05, 0) is 54.3 Å². The van der Waals surface area contributed by atoms with E-state index in [1.165, 1.54) is 0 Å². The van der Waals surface area contributed by atoms with Gasteiger partial charge in [-0.2, -0.15) is 0 Å². The number of anilines is 1. The summed E-state index contributed by atoms with van der Waals surface area (Å²) >= 11 is 0. The number of nitrogens with one attached hydrogen (secondary N) is 1. The lowest BCUT2D eigenvalue weighted by Gasteiger charge is -2.18. The Morgan fingerprint density at radius 1 is 0.862 bits per heavy atom. The van der Waals surface area contributed by atoms with Crippen LogP contribution in [0.2, 0.25) is 0 Å². The van der Waals surface area contributed by atoms with E-state index in [9.17, 15) is 4.79 Å². The summed E-state index contributed by atoms with van der Waals surface area (Å²) < 4.78 is 11.7. The lowest BCUT2D eigenvalue weighted by molar-refractivity contribution is -0.122. The fraction of sp³-hybridized carbons (Fsp3) is 0.240. The molecule has 0 radical (unpaired) electrons. The lowest BCUT2D eigenvalue weighted by atomic mass is 10.0. The van der Waals surface area contributed by atoms with Crippen molar-refractivity contribution in [2.24, 2.45) is 0 Å². The third-order valence-corrected chi connectivity index (χ3v) is 4.58. The van der Waals surface area contributed by atoms with Crippen LogP contribution in [-0.4, -0.2) is 12.0 Å². The largest absolute Gasteiger partial charge is 0.489 e. The normalized spacial score (nSPS) is 11.7. The van der Waals surface area contributed by atoms with Crippen LogP contribution in [0.3, 0.4) is 0 Å². The molecular formula is C25H27NO3. The Morgan fingerprint density at radius 2 is 1.52 bits per heavy atom. The van der Waals surface area contributed by atoms with Gasteiger partial charge in [-0.1, -0.05) is 62.4 Å². The maximum Gasteiger partial charge on any atom is 0.265 e. The number of amides is 1. The molecule has 0 saturated heterocycles. The van der Waals surface area contributed by atoms with Crippen molar-refractivity contribution in [3.05, 3.63) is 90.0 Å². The molecule has 150 valence electrons. The summed E-state index contributed by atoms with van der Waals surface area (Å²) in [5, 5.41) is 2.89. The molecule has 4 heteroatoms. The monoisotopic (exact) mass is 389 g/mol. The van der Waals surface area contributed by atoms with Crippen molar-refractivity contribution < 1.29 is 14.3 Å². The summed E-state index contributed by atoms with van der Waals surface area (Å²) in [5.74, 6) is 1.63. The molecule has 29 heavy (non-hydrogen) atoms. The van der Waals surface area contributed by atoms with Gasteiger partial charge in [-0.3, -0.25) is 4.79 Å². The van der Waals surface area contributed by atoms with Crippen molar-refractivity contribution in [2.45, 2.75) is 39.4 Å². The van der Waals surface area contributed by atoms with Crippen LogP contribution in [0.5, 0.6) is 11.5 Å². The molecule has 3 aromatic rings. The molecular weight excluding hydrogens is 362 g/mol. The molecule has 3 aromatic carbocycles. The molecule has 0 aliphatic carbocycles. The second-order valence-corrected chi connectivity index (χ2v) is 7.24. The Hall–Kier alpha value is -3.27. The molecule has 0 bridgehead atoms. The quantitative estimate of drug-likeness (QED) is 0.530. The minimum Gasteiger partial charge on any atom is -0.489 e. The molecule has 0 aliphatic rings. The first kappa shape index (κ1) is 20.5. The van der Waals surface area contributed by atoms with Gasteiger partial charge < -0.3 is 14.8 Å². The van der Waals surface area contributed by atoms with Gasteiger partial charge >= 0.3 is 0 Å². The predicted molar refractivity (Wildman–Crippen MR) is 116 cm³/mol. The van der Waals surface area contributed by atoms with Crippen LogP contribution in [0.4, 0.5) is 5.69 Å². The highest BCUT2D eigenvalue weighted by atomic mass is 16.5. The van der Waals surface area contributed by atoms with E-state index < -0.39 is 6.10 Å². The second kappa shape index (κ2) is 9.78. The van der Waals surface area contributed by atoms with E-state index in [1.807, 2.05) is 78.9 Å². The van der Waals surface area contributed by atoms with E-state index in [2.05, 4.69) is 19.2 Å². The van der Waals surface area contributed by atoms with E-state index in [1.54, 1.807) is 6.92 Å². The number of carbonyl (C=O) groups is 1. The Morgan fingerprint density at radius 3 is 2.21 bits per heavy atom. The molecule has 0 spiro atoms. The number of hydrogen-bond donors (Lipinski definition) is 1. The molecule has 0 fully saturated rings. The van der Waals surface area contributed by atoms with Crippen LogP contribution >= 0.6 is 0 Å². The molecule has 0 heterocycles. The van der Waals surface area contributed by atoms with Crippen molar-refractivity contribution >= 4 is 11.6 Å². The number of benzene rings is 3. The highest BCUT2D eigenvalue weighted by Gasteiger charge is 2.17. The number of rotatable bonds is 8. The van der Waals surface area contributed by atoms with Crippen molar-refractivity contribution in [1.29, 1.82) is 0 Å². The lowest BCUT2D eigenvalue weighted by Crippen LogP contribution is -2.30. The minimum atomic E-state index is -0.607. The van der Waals surface area contributed by atoms with E-state index in [-0.39, 0.29) is 5.91 Å². The van der Waals surface area contributed by atoms with E-state index >= 15 is 0 Å². The highest BCUT2D eigenvalue weighted by molar-refractivity contribution is 5.94. The minimum absolute atomic E-state index is 0.193. The molecule has 0 aromatic heterocycles. The van der Waals surface area contributed by atoms with Crippen LogP contribution in [0.15, 0.2) is 78.9 Å². The van der Waals surface area contributed by atoms with Gasteiger partial charge in [0, 0.05) is 5.69 Å². The molecule has 3 rings (SSSR count). The number of hydrogen-bond acceptors (Lipinski definition) is 3. The molecule has 1 N–H and O–H groups in total. The van der Waals surface area contributed by atoms with Gasteiger partial charge in [0.15, 0.2) is 6.10 Å². The fourth-order valence-electron chi connectivity index (χ4n) is 2.93. The maximum atomic E-state index is 12.5. The Kier molecular flexibility index (Phi) is 6.90. The van der Waals surface area contributed by atoms with Gasteiger partial charge in [0.25, 0.3) is 5.91 Å². The zero-order valence-electron chi connectivity index (χ0n) is 17.1. The molecule has 1 amide bonds. The molecule has 0 unspecified atom stereocenters. The highest BCUT2D eigenvalue weighted by Crippen LogP contribution is 2.27. The molecule has 4 nitrogen and oxygen atoms in total. The average molecular weight is 389 g/mol. The predicted octanol–water partition coefficient (Wildman–Crippen LogP) is 5.80. The average Bonchev–Trinajstić information content (AvgIpc) is 2.74. The van der Waals surface area contributed by atoms with Crippen LogP contribution in [0, 0.1) is 0 Å². The van der Waals surface area contributed by atoms with Gasteiger partial charge in [-0.15, -0.1) is 0 Å². The first-order valence-corrected chi connectivity index (χ1v) is 9.86. The Labute approximate surface area is 172 Å². The number of ether oxygens (including phenoxy) is 2. The van der Waals surface area contributed by atoms with Crippen molar-refractivity contribution in [2.75, 3.05) is 5.32 Å². The van der Waals surface area contributed by atoms with Gasteiger partial charge in [-0.25, -0.2) is 0 Å². The zero-order valence-corrected chi connectivity index (χ0v) is 17.1. The fourth-order valence-corrected chi connectivity index (χ4v) is 2.93. The summed E-state index contributed by atoms with van der Waals surface area (Å²) in [6.07, 6.45) is -0.607. The zero-order chi connectivity index (χ0) is 20.6. The second-order valence-electron chi connectivity index (χ2n) is 7.24. The summed E-state index contributed by atoms with van der Waals surface area (Å²) in [6.45, 7) is 6.47. The van der Waals surface area contributed by atoms with Crippen LogP contribution < -0.4 is 14.8 Å². The van der Waals surface area contributed by atoms with E-state index in [0.717, 1.165) is 22.6 Å². The topological polar surface area (TPSA) is 47.6 Å². The number of carbonyl (C=O) groups excluding carboxylic acids is 1. The van der Waals surface area contributed by atoms with E-state index in [0.29, 0.717) is 18.2 Å². The van der Waals surface area contributed by atoms with Crippen LogP contribution in [-0.2, 0) is 11.4 Å². The van der Waals surface area contributed by atoms with Crippen molar-refractivity contribution in [3.63, 3.8) is 0 Å². The van der Waals surface area contributed by atoms with Gasteiger partial charge in [0.2, 0.25) is 0 Å². The third-order valence-electron chi connectivity index (χ3n) is 4.58. The van der Waals surface area contributed by atoms with Gasteiger partial charge in [0.1, 0.15) is 18.1 Å². The molecule has 1 atom stereocenters. The molecule has 0 saturated carbocycles. The summed E-state index contributed by atoms with van der Waals surface area (Å²) in [5.41, 5.74) is 2.90. The molecule has 0 aliphatic heterocycles. The number of para-hydroxylation sites is 1. The first-order valence-electron chi connectivity index (χ1n) is 9.86. The summed E-state index contributed by atoms with van der Waals surface area (Å²) in [6, 6.07) is 25.2. The van der Waals surface area contributed by atoms with Gasteiger partial charge in [0.05, 0.1) is 0 Å². The van der Waals surface area contributed by atoms with E-state index in [4.69, 9.17) is 9.47 Å². The van der Waals surface area contributed by atoms with Crippen molar-refractivity contribution in [3.8, 4) is 11.5 Å². The summed E-state index contributed by atoms with van der Waals surface area (Å²) in [4.78, 5) is 12.5. The third kappa shape index (κ3) is 5.85.